The van der Waals surface area contributed by atoms with Gasteiger partial charge in [0.25, 0.3) is 5.91 Å². The quantitative estimate of drug-likeness (QED) is 0.891. The summed E-state index contributed by atoms with van der Waals surface area (Å²) < 4.78 is 0. The van der Waals surface area contributed by atoms with Gasteiger partial charge in [-0.1, -0.05) is 13.0 Å². The number of aromatic nitrogens is 2. The molecule has 2 rings (SSSR count). The molecule has 6 heteroatoms. The minimum absolute atomic E-state index is 0.0291. The zero-order valence-electron chi connectivity index (χ0n) is 11.7. The first kappa shape index (κ1) is 14.6. The number of aromatic carboxylic acids is 1. The highest BCUT2D eigenvalue weighted by Gasteiger charge is 2.18. The Labute approximate surface area is 121 Å². The summed E-state index contributed by atoms with van der Waals surface area (Å²) in [5.41, 5.74) is 1.36. The summed E-state index contributed by atoms with van der Waals surface area (Å²) in [5, 5.41) is 11.6. The van der Waals surface area contributed by atoms with Crippen LogP contribution in [0, 0.1) is 0 Å². The fourth-order valence-corrected chi connectivity index (χ4v) is 1.93. The van der Waals surface area contributed by atoms with E-state index in [1.54, 1.807) is 12.3 Å². The van der Waals surface area contributed by atoms with Gasteiger partial charge in [0.15, 0.2) is 0 Å². The Morgan fingerprint density at radius 2 is 2.00 bits per heavy atom. The lowest BCUT2D eigenvalue weighted by molar-refractivity contribution is 0.0696. The van der Waals surface area contributed by atoms with Crippen molar-refractivity contribution < 1.29 is 14.7 Å². The molecule has 6 nitrogen and oxygen atoms in total. The molecule has 0 aliphatic carbocycles. The van der Waals surface area contributed by atoms with Gasteiger partial charge in [-0.2, -0.15) is 0 Å². The normalized spacial score (nSPS) is 11.7. The smallest absolute Gasteiger partial charge is 0.335 e. The highest BCUT2D eigenvalue weighted by atomic mass is 16.4. The summed E-state index contributed by atoms with van der Waals surface area (Å²) in [6.45, 7) is 1.87. The number of hydrogen-bond acceptors (Lipinski definition) is 4. The van der Waals surface area contributed by atoms with Gasteiger partial charge >= 0.3 is 5.97 Å². The molecule has 1 atom stereocenters. The van der Waals surface area contributed by atoms with Crippen LogP contribution in [0.2, 0.25) is 0 Å². The molecular weight excluding hydrogens is 270 g/mol. The number of nitrogens with zero attached hydrogens (tertiary/aromatic N) is 2. The molecule has 2 heterocycles. The second kappa shape index (κ2) is 6.13. The van der Waals surface area contributed by atoms with E-state index in [2.05, 4.69) is 15.3 Å². The zero-order chi connectivity index (χ0) is 15.4. The van der Waals surface area contributed by atoms with E-state index < -0.39 is 11.9 Å². The lowest BCUT2D eigenvalue weighted by atomic mass is 10.00. The van der Waals surface area contributed by atoms with E-state index in [-0.39, 0.29) is 17.2 Å². The Balaban J connectivity index is 2.50. The molecule has 0 fully saturated rings. The summed E-state index contributed by atoms with van der Waals surface area (Å²) in [6.07, 6.45) is 1.66. The Morgan fingerprint density at radius 1 is 1.24 bits per heavy atom. The molecule has 0 aliphatic rings. The molecule has 0 saturated heterocycles. The molecule has 1 amide bonds. The number of carbonyl (C=O) groups excluding carboxylic acids is 1. The molecule has 0 aromatic carbocycles. The van der Waals surface area contributed by atoms with Crippen LogP contribution < -0.4 is 5.32 Å². The van der Waals surface area contributed by atoms with Crippen LogP contribution in [-0.2, 0) is 0 Å². The first-order chi connectivity index (χ1) is 10.0. The average molecular weight is 285 g/mol. The van der Waals surface area contributed by atoms with Crippen LogP contribution in [0.3, 0.4) is 0 Å². The molecule has 2 aromatic rings. The van der Waals surface area contributed by atoms with Crippen molar-refractivity contribution in [1.29, 1.82) is 0 Å². The van der Waals surface area contributed by atoms with Crippen LogP contribution in [0.4, 0.5) is 0 Å². The average Bonchev–Trinajstić information content (AvgIpc) is 2.53. The van der Waals surface area contributed by atoms with Crippen molar-refractivity contribution in [3.05, 3.63) is 59.2 Å². The molecule has 0 spiro atoms. The Morgan fingerprint density at radius 3 is 2.57 bits per heavy atom. The van der Waals surface area contributed by atoms with E-state index in [4.69, 9.17) is 5.11 Å². The molecule has 0 bridgehead atoms. The van der Waals surface area contributed by atoms with Gasteiger partial charge in [-0.25, -0.2) is 9.78 Å². The first-order valence-electron chi connectivity index (χ1n) is 6.41. The number of rotatable bonds is 4. The van der Waals surface area contributed by atoms with E-state index >= 15 is 0 Å². The van der Waals surface area contributed by atoms with Gasteiger partial charge < -0.3 is 10.4 Å². The number of carbonyl (C=O) groups is 2. The zero-order valence-corrected chi connectivity index (χ0v) is 11.7. The van der Waals surface area contributed by atoms with Gasteiger partial charge in [-0.15, -0.1) is 0 Å². The van der Waals surface area contributed by atoms with Gasteiger partial charge in [0.1, 0.15) is 5.69 Å². The molecule has 0 radical (unpaired) electrons. The number of carboxylic acid groups (broad SMARTS) is 1. The van der Waals surface area contributed by atoms with E-state index in [0.29, 0.717) is 5.69 Å². The molecule has 2 N–H and O–H groups in total. The third kappa shape index (κ3) is 3.22. The summed E-state index contributed by atoms with van der Waals surface area (Å²) in [7, 11) is 1.47. The van der Waals surface area contributed by atoms with Gasteiger partial charge in [0, 0.05) is 24.9 Å². The van der Waals surface area contributed by atoms with Crippen LogP contribution in [0.15, 0.2) is 36.5 Å². The van der Waals surface area contributed by atoms with Crippen molar-refractivity contribution in [2.45, 2.75) is 12.8 Å². The predicted molar refractivity (Wildman–Crippen MR) is 76.3 cm³/mol. The number of hydrogen-bond donors (Lipinski definition) is 2. The largest absolute Gasteiger partial charge is 0.478 e. The van der Waals surface area contributed by atoms with Crippen molar-refractivity contribution in [2.75, 3.05) is 7.05 Å². The Hall–Kier alpha value is -2.76. The summed E-state index contributed by atoms with van der Waals surface area (Å²) in [5.74, 6) is -1.74. The molecule has 108 valence electrons. The van der Waals surface area contributed by atoms with Gasteiger partial charge in [-0.3, -0.25) is 9.78 Å². The van der Waals surface area contributed by atoms with Crippen LogP contribution in [-0.4, -0.2) is 34.0 Å². The standard InChI is InChI=1S/C15H15N3O3/c1-9(11-5-3-4-6-17-11)12-7-10(15(20)21)8-13(18-12)14(19)16-2/h3-9H,1-2H3,(H,16,19)(H,20,21). The topological polar surface area (TPSA) is 92.2 Å². The molecule has 21 heavy (non-hydrogen) atoms. The van der Waals surface area contributed by atoms with E-state index in [0.717, 1.165) is 5.69 Å². The van der Waals surface area contributed by atoms with Crippen molar-refractivity contribution in [1.82, 2.24) is 15.3 Å². The summed E-state index contributed by atoms with van der Waals surface area (Å²) in [4.78, 5) is 31.4. The lowest BCUT2D eigenvalue weighted by Crippen LogP contribution is -2.21. The number of amides is 1. The Kier molecular flexibility index (Phi) is 4.27. The highest BCUT2D eigenvalue weighted by Crippen LogP contribution is 2.22. The highest BCUT2D eigenvalue weighted by molar-refractivity contribution is 5.95. The third-order valence-corrected chi connectivity index (χ3v) is 3.13. The van der Waals surface area contributed by atoms with E-state index in [1.165, 1.54) is 19.2 Å². The maximum absolute atomic E-state index is 11.7. The Bertz CT molecular complexity index is 671. The molecule has 0 aliphatic heterocycles. The molecule has 2 aromatic heterocycles. The van der Waals surface area contributed by atoms with Crippen LogP contribution in [0.1, 0.15) is 45.1 Å². The summed E-state index contributed by atoms with van der Waals surface area (Å²) >= 11 is 0. The minimum atomic E-state index is -1.10. The predicted octanol–water partition coefficient (Wildman–Crippen LogP) is 1.69. The maximum atomic E-state index is 11.7. The van der Waals surface area contributed by atoms with Crippen LogP contribution in [0.25, 0.3) is 0 Å². The van der Waals surface area contributed by atoms with Crippen LogP contribution >= 0.6 is 0 Å². The van der Waals surface area contributed by atoms with Gasteiger partial charge in [0.05, 0.1) is 11.3 Å². The number of nitrogens with one attached hydrogen (secondary N) is 1. The van der Waals surface area contributed by atoms with Gasteiger partial charge in [-0.05, 0) is 24.3 Å². The van der Waals surface area contributed by atoms with E-state index in [1.807, 2.05) is 19.1 Å². The third-order valence-electron chi connectivity index (χ3n) is 3.13. The van der Waals surface area contributed by atoms with Crippen molar-refractivity contribution in [3.63, 3.8) is 0 Å². The fourth-order valence-electron chi connectivity index (χ4n) is 1.93. The van der Waals surface area contributed by atoms with Crippen LogP contribution in [0.5, 0.6) is 0 Å². The van der Waals surface area contributed by atoms with Crippen molar-refractivity contribution in [2.24, 2.45) is 0 Å². The second-order valence-electron chi connectivity index (χ2n) is 4.53. The molecule has 1 unspecified atom stereocenters. The fraction of sp³-hybridized carbons (Fsp3) is 0.200. The first-order valence-corrected chi connectivity index (χ1v) is 6.41. The van der Waals surface area contributed by atoms with Crippen molar-refractivity contribution >= 4 is 11.9 Å². The number of carboxylic acids is 1. The van der Waals surface area contributed by atoms with Gasteiger partial charge in [0.2, 0.25) is 0 Å². The molecule has 0 saturated carbocycles. The number of pyridine rings is 2. The minimum Gasteiger partial charge on any atom is -0.478 e. The summed E-state index contributed by atoms with van der Waals surface area (Å²) in [6, 6.07) is 8.20. The van der Waals surface area contributed by atoms with E-state index in [9.17, 15) is 9.59 Å². The lowest BCUT2D eigenvalue weighted by Gasteiger charge is -2.12. The maximum Gasteiger partial charge on any atom is 0.335 e. The molecular formula is C15H15N3O3. The monoisotopic (exact) mass is 285 g/mol. The van der Waals surface area contributed by atoms with Crippen molar-refractivity contribution in [3.8, 4) is 0 Å². The second-order valence-corrected chi connectivity index (χ2v) is 4.53. The SMILES string of the molecule is CNC(=O)c1cc(C(=O)O)cc(C(C)c2ccccn2)n1.